The first-order valence-corrected chi connectivity index (χ1v) is 8.82. The van der Waals surface area contributed by atoms with Gasteiger partial charge in [0.2, 0.25) is 0 Å². The van der Waals surface area contributed by atoms with E-state index in [0.717, 1.165) is 11.4 Å². The summed E-state index contributed by atoms with van der Waals surface area (Å²) in [5.74, 6) is 0.389. The smallest absolute Gasteiger partial charge is 0.192 e. The third kappa shape index (κ3) is 4.14. The van der Waals surface area contributed by atoms with Gasteiger partial charge in [-0.25, -0.2) is 4.39 Å². The van der Waals surface area contributed by atoms with Crippen LogP contribution < -0.4 is 0 Å². The highest BCUT2D eigenvalue weighted by molar-refractivity contribution is 8.00. The number of aromatic nitrogens is 3. The van der Waals surface area contributed by atoms with Gasteiger partial charge in [-0.15, -0.1) is 10.2 Å². The molecule has 3 aromatic rings. The van der Waals surface area contributed by atoms with Crippen LogP contribution in [0.1, 0.15) is 28.7 Å². The number of hydrogen-bond donors (Lipinski definition) is 0. The standard InChI is InChI=1S/C19H18FN3OS/c1-13(18(24)16-8-10-17(20)11-9-16)25-19-22-21-14(2)23(19)12-15-6-4-3-5-7-15/h3-11,13H,12H2,1-2H3. The van der Waals surface area contributed by atoms with E-state index in [0.29, 0.717) is 17.3 Å². The zero-order chi connectivity index (χ0) is 17.8. The highest BCUT2D eigenvalue weighted by Gasteiger charge is 2.20. The van der Waals surface area contributed by atoms with Gasteiger partial charge in [0.15, 0.2) is 10.9 Å². The van der Waals surface area contributed by atoms with Crippen molar-refractivity contribution in [3.05, 3.63) is 77.4 Å². The molecule has 3 rings (SSSR count). The van der Waals surface area contributed by atoms with Crippen LogP contribution in [0, 0.1) is 12.7 Å². The molecule has 4 nitrogen and oxygen atoms in total. The summed E-state index contributed by atoms with van der Waals surface area (Å²) in [4.78, 5) is 12.5. The Morgan fingerprint density at radius 1 is 1.12 bits per heavy atom. The lowest BCUT2D eigenvalue weighted by Crippen LogP contribution is -2.15. The SMILES string of the molecule is Cc1nnc(SC(C)C(=O)c2ccc(F)cc2)n1Cc1ccccc1. The molecule has 0 N–H and O–H groups in total. The van der Waals surface area contributed by atoms with Crippen LogP contribution in [0.3, 0.4) is 0 Å². The number of benzene rings is 2. The van der Waals surface area contributed by atoms with Gasteiger partial charge >= 0.3 is 0 Å². The van der Waals surface area contributed by atoms with Gasteiger partial charge in [-0.05, 0) is 43.7 Å². The lowest BCUT2D eigenvalue weighted by atomic mass is 10.1. The second-order valence-corrected chi connectivity index (χ2v) is 7.04. The van der Waals surface area contributed by atoms with Crippen molar-refractivity contribution in [1.29, 1.82) is 0 Å². The molecule has 2 aromatic carbocycles. The van der Waals surface area contributed by atoms with E-state index in [-0.39, 0.29) is 16.9 Å². The van der Waals surface area contributed by atoms with Crippen molar-refractivity contribution >= 4 is 17.5 Å². The number of rotatable bonds is 6. The summed E-state index contributed by atoms with van der Waals surface area (Å²) in [6, 6.07) is 15.7. The Labute approximate surface area is 150 Å². The number of ketones is 1. The Kier molecular flexibility index (Phi) is 5.28. The molecular weight excluding hydrogens is 337 g/mol. The summed E-state index contributed by atoms with van der Waals surface area (Å²) >= 11 is 1.36. The van der Waals surface area contributed by atoms with E-state index >= 15 is 0 Å². The molecule has 0 bridgehead atoms. The Balaban J connectivity index is 1.76. The average Bonchev–Trinajstić information content (AvgIpc) is 2.96. The van der Waals surface area contributed by atoms with Crippen LogP contribution in [0.25, 0.3) is 0 Å². The number of Topliss-reactive ketones (excluding diaryl/α,β-unsaturated/α-hetero) is 1. The molecule has 6 heteroatoms. The van der Waals surface area contributed by atoms with E-state index in [9.17, 15) is 9.18 Å². The van der Waals surface area contributed by atoms with Crippen LogP contribution in [0.5, 0.6) is 0 Å². The molecule has 1 atom stereocenters. The van der Waals surface area contributed by atoms with Crippen molar-refractivity contribution in [2.75, 3.05) is 0 Å². The molecule has 25 heavy (non-hydrogen) atoms. The van der Waals surface area contributed by atoms with E-state index in [1.165, 1.54) is 36.0 Å². The lowest BCUT2D eigenvalue weighted by Gasteiger charge is -2.12. The van der Waals surface area contributed by atoms with Crippen molar-refractivity contribution in [1.82, 2.24) is 14.8 Å². The Hall–Kier alpha value is -2.47. The minimum Gasteiger partial charge on any atom is -0.302 e. The highest BCUT2D eigenvalue weighted by atomic mass is 32.2. The number of halogens is 1. The zero-order valence-electron chi connectivity index (χ0n) is 14.0. The van der Waals surface area contributed by atoms with Gasteiger partial charge in [0.25, 0.3) is 0 Å². The van der Waals surface area contributed by atoms with Crippen LogP contribution in [0.2, 0.25) is 0 Å². The number of carbonyl (C=O) groups is 1. The number of nitrogens with zero attached hydrogens (tertiary/aromatic N) is 3. The molecule has 0 saturated heterocycles. The molecule has 1 aromatic heterocycles. The summed E-state index contributed by atoms with van der Waals surface area (Å²) < 4.78 is 15.0. The third-order valence-corrected chi connectivity index (χ3v) is 4.95. The minimum absolute atomic E-state index is 0.0584. The predicted octanol–water partition coefficient (Wildman–Crippen LogP) is 4.14. The maximum atomic E-state index is 13.0. The van der Waals surface area contributed by atoms with Gasteiger partial charge in [-0.3, -0.25) is 4.79 Å². The molecule has 0 aliphatic carbocycles. The summed E-state index contributed by atoms with van der Waals surface area (Å²) in [6.07, 6.45) is 0. The van der Waals surface area contributed by atoms with E-state index in [4.69, 9.17) is 0 Å². The topological polar surface area (TPSA) is 47.8 Å². The molecular formula is C19H18FN3OS. The van der Waals surface area contributed by atoms with E-state index in [2.05, 4.69) is 10.2 Å². The van der Waals surface area contributed by atoms with E-state index < -0.39 is 0 Å². The Morgan fingerprint density at radius 2 is 1.80 bits per heavy atom. The first kappa shape index (κ1) is 17.4. The molecule has 0 fully saturated rings. The normalized spacial score (nSPS) is 12.1. The fourth-order valence-electron chi connectivity index (χ4n) is 2.46. The molecule has 128 valence electrons. The van der Waals surface area contributed by atoms with Crippen LogP contribution in [-0.2, 0) is 6.54 Å². The molecule has 1 unspecified atom stereocenters. The molecule has 0 spiro atoms. The second kappa shape index (κ2) is 7.61. The van der Waals surface area contributed by atoms with Crippen LogP contribution in [-0.4, -0.2) is 25.8 Å². The van der Waals surface area contributed by atoms with E-state index in [1.54, 1.807) is 0 Å². The maximum absolute atomic E-state index is 13.0. The van der Waals surface area contributed by atoms with Crippen molar-refractivity contribution < 1.29 is 9.18 Å². The summed E-state index contributed by atoms with van der Waals surface area (Å²) in [5.41, 5.74) is 1.64. The maximum Gasteiger partial charge on any atom is 0.192 e. The van der Waals surface area contributed by atoms with Gasteiger partial charge in [0, 0.05) is 5.56 Å². The highest BCUT2D eigenvalue weighted by Crippen LogP contribution is 2.25. The average molecular weight is 355 g/mol. The molecule has 0 saturated carbocycles. The van der Waals surface area contributed by atoms with Crippen molar-refractivity contribution in [3.63, 3.8) is 0 Å². The first-order valence-electron chi connectivity index (χ1n) is 7.95. The van der Waals surface area contributed by atoms with Crippen LogP contribution in [0.15, 0.2) is 59.8 Å². The van der Waals surface area contributed by atoms with Crippen molar-refractivity contribution in [2.24, 2.45) is 0 Å². The number of thioether (sulfide) groups is 1. The number of aryl methyl sites for hydroxylation is 1. The van der Waals surface area contributed by atoms with Gasteiger partial charge < -0.3 is 4.57 Å². The second-order valence-electron chi connectivity index (χ2n) is 5.73. The monoisotopic (exact) mass is 355 g/mol. The summed E-state index contributed by atoms with van der Waals surface area (Å²) in [7, 11) is 0. The summed E-state index contributed by atoms with van der Waals surface area (Å²) in [5, 5.41) is 8.70. The molecule has 1 heterocycles. The molecule has 0 amide bonds. The van der Waals surface area contributed by atoms with Gasteiger partial charge in [0.1, 0.15) is 11.6 Å². The fraction of sp³-hybridized carbons (Fsp3) is 0.211. The lowest BCUT2D eigenvalue weighted by molar-refractivity contribution is 0.0994. The Bertz CT molecular complexity index is 862. The first-order chi connectivity index (χ1) is 12.0. The summed E-state index contributed by atoms with van der Waals surface area (Å²) in [6.45, 7) is 4.37. The van der Waals surface area contributed by atoms with Gasteiger partial charge in [-0.2, -0.15) is 0 Å². The van der Waals surface area contributed by atoms with Crippen LogP contribution in [0.4, 0.5) is 4.39 Å². The van der Waals surface area contributed by atoms with Crippen molar-refractivity contribution in [3.8, 4) is 0 Å². The molecule has 0 aliphatic rings. The predicted molar refractivity (Wildman–Crippen MR) is 96.4 cm³/mol. The molecule has 0 radical (unpaired) electrons. The minimum atomic E-state index is -0.352. The molecule has 0 aliphatic heterocycles. The largest absolute Gasteiger partial charge is 0.302 e. The Morgan fingerprint density at radius 3 is 2.48 bits per heavy atom. The third-order valence-electron chi connectivity index (χ3n) is 3.87. The fourth-order valence-corrected chi connectivity index (χ4v) is 3.43. The van der Waals surface area contributed by atoms with Crippen molar-refractivity contribution in [2.45, 2.75) is 30.8 Å². The van der Waals surface area contributed by atoms with Crippen LogP contribution >= 0.6 is 11.8 Å². The zero-order valence-corrected chi connectivity index (χ0v) is 14.8. The quantitative estimate of drug-likeness (QED) is 0.493. The number of hydrogen-bond acceptors (Lipinski definition) is 4. The van der Waals surface area contributed by atoms with Gasteiger partial charge in [-0.1, -0.05) is 42.1 Å². The van der Waals surface area contributed by atoms with E-state index in [1.807, 2.05) is 48.7 Å². The number of carbonyl (C=O) groups excluding carboxylic acids is 1. The van der Waals surface area contributed by atoms with Gasteiger partial charge in [0.05, 0.1) is 11.8 Å².